The number of rotatable bonds is 4. The van der Waals surface area contributed by atoms with Gasteiger partial charge in [-0.3, -0.25) is 14.9 Å². The lowest BCUT2D eigenvalue weighted by molar-refractivity contribution is -0.384. The summed E-state index contributed by atoms with van der Waals surface area (Å²) >= 11 is 3.37. The Kier molecular flexibility index (Phi) is 4.75. The number of aromatic nitrogens is 1. The van der Waals surface area contributed by atoms with Crippen molar-refractivity contribution in [2.24, 2.45) is 0 Å². The zero-order valence-electron chi connectivity index (χ0n) is 12.6. The topological polar surface area (TPSA) is 85.6 Å². The van der Waals surface area contributed by atoms with E-state index in [9.17, 15) is 14.9 Å². The van der Waals surface area contributed by atoms with Crippen molar-refractivity contribution in [3.05, 3.63) is 62.7 Å². The summed E-state index contributed by atoms with van der Waals surface area (Å²) < 4.78 is 6.58. The molecule has 1 amide bonds. The van der Waals surface area contributed by atoms with Gasteiger partial charge in [0.1, 0.15) is 6.10 Å². The van der Waals surface area contributed by atoms with Gasteiger partial charge < -0.3 is 9.64 Å². The molecule has 0 saturated carbocycles. The molecular weight excluding hydrogens is 378 g/mol. The highest BCUT2D eigenvalue weighted by atomic mass is 79.9. The number of non-ortho nitro benzene ring substituents is 1. The van der Waals surface area contributed by atoms with Crippen LogP contribution in [0.25, 0.3) is 0 Å². The maximum Gasteiger partial charge on any atom is 0.270 e. The van der Waals surface area contributed by atoms with Crippen molar-refractivity contribution in [1.82, 2.24) is 9.88 Å². The van der Waals surface area contributed by atoms with Crippen LogP contribution in [0.2, 0.25) is 0 Å². The third-order valence-corrected chi connectivity index (χ3v) is 4.34. The number of carbonyl (C=O) groups is 1. The maximum absolute atomic E-state index is 12.5. The van der Waals surface area contributed by atoms with E-state index in [4.69, 9.17) is 4.74 Å². The predicted molar refractivity (Wildman–Crippen MR) is 90.0 cm³/mol. The van der Waals surface area contributed by atoms with Gasteiger partial charge in [-0.2, -0.15) is 0 Å². The first-order valence-corrected chi connectivity index (χ1v) is 8.15. The van der Waals surface area contributed by atoms with E-state index >= 15 is 0 Å². The third kappa shape index (κ3) is 3.53. The summed E-state index contributed by atoms with van der Waals surface area (Å²) in [6.45, 7) is 0.960. The normalized spacial score (nSPS) is 16.9. The highest BCUT2D eigenvalue weighted by molar-refractivity contribution is 9.10. The number of nitro groups is 1. The number of benzene rings is 1. The van der Waals surface area contributed by atoms with Crippen LogP contribution in [0.15, 0.2) is 47.1 Å². The number of likely N-dealkylation sites (tertiary alicyclic amines) is 1. The molecule has 8 heteroatoms. The molecule has 2 aromatic rings. The molecule has 1 fully saturated rings. The zero-order chi connectivity index (χ0) is 17.1. The third-order valence-electron chi connectivity index (χ3n) is 3.74. The second-order valence-electron chi connectivity index (χ2n) is 5.38. The van der Waals surface area contributed by atoms with Gasteiger partial charge in [-0.25, -0.2) is 4.98 Å². The van der Waals surface area contributed by atoms with E-state index in [-0.39, 0.29) is 17.7 Å². The van der Waals surface area contributed by atoms with E-state index in [1.165, 1.54) is 18.2 Å². The van der Waals surface area contributed by atoms with Gasteiger partial charge >= 0.3 is 0 Å². The Hall–Kier alpha value is -2.48. The summed E-state index contributed by atoms with van der Waals surface area (Å²) in [6.07, 6.45) is 2.17. The molecule has 24 heavy (non-hydrogen) atoms. The first-order valence-electron chi connectivity index (χ1n) is 7.35. The van der Waals surface area contributed by atoms with Gasteiger partial charge in [-0.15, -0.1) is 0 Å². The molecule has 2 heterocycles. The van der Waals surface area contributed by atoms with E-state index < -0.39 is 4.92 Å². The molecule has 1 aliphatic rings. The first-order chi connectivity index (χ1) is 11.5. The van der Waals surface area contributed by atoms with Crippen molar-refractivity contribution in [2.45, 2.75) is 12.5 Å². The summed E-state index contributed by atoms with van der Waals surface area (Å²) in [5.74, 6) is 0.261. The highest BCUT2D eigenvalue weighted by Crippen LogP contribution is 2.25. The fourth-order valence-corrected chi connectivity index (χ4v) is 2.91. The molecule has 1 atom stereocenters. The SMILES string of the molecule is O=C(c1cccc([N+](=O)[O-])c1)N1CCC(Oc2ncccc2Br)C1. The number of ether oxygens (including phenoxy) is 1. The summed E-state index contributed by atoms with van der Waals surface area (Å²) in [6, 6.07) is 9.39. The van der Waals surface area contributed by atoms with Crippen LogP contribution >= 0.6 is 15.9 Å². The van der Waals surface area contributed by atoms with Crippen LogP contribution in [-0.2, 0) is 0 Å². The molecule has 0 bridgehead atoms. The Morgan fingerprint density at radius 2 is 2.21 bits per heavy atom. The Morgan fingerprint density at radius 3 is 2.96 bits per heavy atom. The second-order valence-corrected chi connectivity index (χ2v) is 6.23. The van der Waals surface area contributed by atoms with Crippen molar-refractivity contribution in [1.29, 1.82) is 0 Å². The van der Waals surface area contributed by atoms with Crippen molar-refractivity contribution in [3.8, 4) is 5.88 Å². The lowest BCUT2D eigenvalue weighted by Crippen LogP contribution is -2.31. The largest absolute Gasteiger partial charge is 0.472 e. The van der Waals surface area contributed by atoms with Crippen LogP contribution in [0, 0.1) is 10.1 Å². The zero-order valence-corrected chi connectivity index (χ0v) is 14.2. The fraction of sp³-hybridized carbons (Fsp3) is 0.250. The van der Waals surface area contributed by atoms with Crippen LogP contribution in [0.4, 0.5) is 5.69 Å². The molecule has 1 aromatic carbocycles. The van der Waals surface area contributed by atoms with Gasteiger partial charge in [0.2, 0.25) is 5.88 Å². The standard InChI is InChI=1S/C16H14BrN3O4/c17-14-5-2-7-18-15(14)24-13-6-8-19(10-13)16(21)11-3-1-4-12(9-11)20(22)23/h1-5,7,9,13H,6,8,10H2. The molecule has 3 rings (SSSR count). The number of nitrogens with zero attached hydrogens (tertiary/aromatic N) is 3. The molecule has 124 valence electrons. The lowest BCUT2D eigenvalue weighted by atomic mass is 10.2. The quantitative estimate of drug-likeness (QED) is 0.590. The van der Waals surface area contributed by atoms with Gasteiger partial charge in [-0.05, 0) is 34.1 Å². The molecule has 0 N–H and O–H groups in total. The average molecular weight is 392 g/mol. The highest BCUT2D eigenvalue weighted by Gasteiger charge is 2.29. The minimum Gasteiger partial charge on any atom is -0.472 e. The number of nitro benzene ring substituents is 1. The van der Waals surface area contributed by atoms with Crippen LogP contribution in [-0.4, -0.2) is 39.9 Å². The van der Waals surface area contributed by atoms with Gasteiger partial charge in [0, 0.05) is 36.9 Å². The average Bonchev–Trinajstić information content (AvgIpc) is 3.05. The molecular formula is C16H14BrN3O4. The predicted octanol–water partition coefficient (Wildman–Crippen LogP) is 3.05. The first kappa shape index (κ1) is 16.4. The Bertz CT molecular complexity index is 783. The molecule has 7 nitrogen and oxygen atoms in total. The van der Waals surface area contributed by atoms with Crippen LogP contribution < -0.4 is 4.74 Å². The molecule has 0 aliphatic carbocycles. The Balaban J connectivity index is 1.67. The smallest absolute Gasteiger partial charge is 0.270 e. The molecule has 1 unspecified atom stereocenters. The number of amides is 1. The minimum atomic E-state index is -0.509. The van der Waals surface area contributed by atoms with Crippen molar-refractivity contribution in [3.63, 3.8) is 0 Å². The van der Waals surface area contributed by atoms with Crippen molar-refractivity contribution < 1.29 is 14.5 Å². The van der Waals surface area contributed by atoms with E-state index in [0.717, 1.165) is 4.47 Å². The van der Waals surface area contributed by atoms with E-state index in [1.807, 2.05) is 6.07 Å². The molecule has 1 saturated heterocycles. The van der Waals surface area contributed by atoms with Crippen molar-refractivity contribution >= 4 is 27.5 Å². The maximum atomic E-state index is 12.5. The second kappa shape index (κ2) is 6.96. The number of halogens is 1. The van der Waals surface area contributed by atoms with Gasteiger partial charge in [0.15, 0.2) is 0 Å². The lowest BCUT2D eigenvalue weighted by Gasteiger charge is -2.17. The fourth-order valence-electron chi connectivity index (χ4n) is 2.56. The van der Waals surface area contributed by atoms with Gasteiger partial charge in [0.05, 0.1) is 15.9 Å². The van der Waals surface area contributed by atoms with E-state index in [0.29, 0.717) is 31.0 Å². The summed E-state index contributed by atoms with van der Waals surface area (Å²) in [5, 5.41) is 10.8. The van der Waals surface area contributed by atoms with Crippen molar-refractivity contribution in [2.75, 3.05) is 13.1 Å². The van der Waals surface area contributed by atoms with Crippen LogP contribution in [0.3, 0.4) is 0 Å². The minimum absolute atomic E-state index is 0.0923. The molecule has 1 aromatic heterocycles. The van der Waals surface area contributed by atoms with E-state index in [1.54, 1.807) is 23.2 Å². The Labute approximate surface area is 146 Å². The van der Waals surface area contributed by atoms with Crippen LogP contribution in [0.5, 0.6) is 5.88 Å². The van der Waals surface area contributed by atoms with E-state index in [2.05, 4.69) is 20.9 Å². The molecule has 1 aliphatic heterocycles. The number of carbonyl (C=O) groups excluding carboxylic acids is 1. The number of hydrogen-bond acceptors (Lipinski definition) is 5. The number of pyridine rings is 1. The molecule has 0 spiro atoms. The van der Waals surface area contributed by atoms with Gasteiger partial charge in [-0.1, -0.05) is 6.07 Å². The monoisotopic (exact) mass is 391 g/mol. The van der Waals surface area contributed by atoms with Crippen LogP contribution in [0.1, 0.15) is 16.8 Å². The summed E-state index contributed by atoms with van der Waals surface area (Å²) in [5.41, 5.74) is 0.217. The number of hydrogen-bond donors (Lipinski definition) is 0. The Morgan fingerprint density at radius 1 is 1.38 bits per heavy atom. The molecule has 0 radical (unpaired) electrons. The summed E-state index contributed by atoms with van der Waals surface area (Å²) in [4.78, 5) is 28.6. The van der Waals surface area contributed by atoms with Gasteiger partial charge in [0.25, 0.3) is 11.6 Å². The summed E-state index contributed by atoms with van der Waals surface area (Å²) in [7, 11) is 0.